The molecule has 4 heteroatoms. The first kappa shape index (κ1) is 19.6. The van der Waals surface area contributed by atoms with Crippen LogP contribution >= 0.6 is 0 Å². The summed E-state index contributed by atoms with van der Waals surface area (Å²) in [5, 5.41) is 0. The number of carbonyl (C=O) groups is 1. The minimum Gasteiger partial charge on any atom is -0.383 e. The van der Waals surface area contributed by atoms with E-state index in [1.165, 1.54) is 11.1 Å². The zero-order chi connectivity index (χ0) is 19.1. The lowest BCUT2D eigenvalue weighted by atomic mass is 9.84. The molecule has 1 heterocycles. The van der Waals surface area contributed by atoms with E-state index in [1.807, 2.05) is 36.2 Å². The van der Waals surface area contributed by atoms with Crippen LogP contribution in [0.3, 0.4) is 0 Å². The predicted octanol–water partition coefficient (Wildman–Crippen LogP) is 3.40. The van der Waals surface area contributed by atoms with Gasteiger partial charge in [-0.3, -0.25) is 9.69 Å². The van der Waals surface area contributed by atoms with Crippen LogP contribution in [0.15, 0.2) is 60.7 Å². The maximum Gasteiger partial charge on any atom is 0.227 e. The van der Waals surface area contributed by atoms with E-state index in [1.54, 1.807) is 7.11 Å². The normalized spacial score (nSPS) is 20.4. The van der Waals surface area contributed by atoms with Crippen LogP contribution < -0.4 is 0 Å². The van der Waals surface area contributed by atoms with Gasteiger partial charge in [0.1, 0.15) is 0 Å². The average molecular weight is 367 g/mol. The Morgan fingerprint density at radius 1 is 1.07 bits per heavy atom. The number of piperidine rings is 1. The van der Waals surface area contributed by atoms with Gasteiger partial charge >= 0.3 is 0 Å². The molecule has 3 rings (SSSR count). The molecule has 4 nitrogen and oxygen atoms in total. The molecular formula is C23H30N2O2. The molecule has 1 aliphatic rings. The summed E-state index contributed by atoms with van der Waals surface area (Å²) in [4.78, 5) is 17.4. The number of benzene rings is 2. The molecule has 144 valence electrons. The van der Waals surface area contributed by atoms with Crippen molar-refractivity contribution in [3.8, 4) is 0 Å². The summed E-state index contributed by atoms with van der Waals surface area (Å²) in [6.07, 6.45) is 0.908. The standard InChI is InChI=1S/C23H30N2O2/c1-24(16-19-9-5-3-6-10-19)23(26)22-15-21(20-11-7-4-8-12-20)17-25(18-22)13-14-27-2/h3-12,21-22H,13-18H2,1-2H3. The Morgan fingerprint density at radius 3 is 2.41 bits per heavy atom. The van der Waals surface area contributed by atoms with E-state index in [0.29, 0.717) is 19.1 Å². The number of amides is 1. The Kier molecular flexibility index (Phi) is 7.02. The molecule has 1 saturated heterocycles. The Labute approximate surface area is 162 Å². The molecule has 1 fully saturated rings. The monoisotopic (exact) mass is 366 g/mol. The van der Waals surface area contributed by atoms with Crippen molar-refractivity contribution in [1.29, 1.82) is 0 Å². The molecule has 0 bridgehead atoms. The van der Waals surface area contributed by atoms with E-state index in [4.69, 9.17) is 4.74 Å². The molecule has 1 amide bonds. The number of rotatable bonds is 7. The summed E-state index contributed by atoms with van der Waals surface area (Å²) in [5.74, 6) is 0.646. The van der Waals surface area contributed by atoms with Gasteiger partial charge in [0.05, 0.1) is 12.5 Å². The van der Waals surface area contributed by atoms with Crippen molar-refractivity contribution in [2.24, 2.45) is 5.92 Å². The zero-order valence-electron chi connectivity index (χ0n) is 16.4. The van der Waals surface area contributed by atoms with Crippen molar-refractivity contribution >= 4 is 5.91 Å². The molecule has 0 saturated carbocycles. The number of carbonyl (C=O) groups excluding carboxylic acids is 1. The summed E-state index contributed by atoms with van der Waals surface area (Å²) in [6, 6.07) is 20.8. The largest absolute Gasteiger partial charge is 0.383 e. The number of nitrogens with zero attached hydrogens (tertiary/aromatic N) is 2. The van der Waals surface area contributed by atoms with E-state index >= 15 is 0 Å². The van der Waals surface area contributed by atoms with Gasteiger partial charge in [0.2, 0.25) is 5.91 Å². The molecule has 2 atom stereocenters. The van der Waals surface area contributed by atoms with E-state index < -0.39 is 0 Å². The molecule has 2 unspecified atom stereocenters. The van der Waals surface area contributed by atoms with Crippen LogP contribution in [0.2, 0.25) is 0 Å². The van der Waals surface area contributed by atoms with Crippen molar-refractivity contribution in [3.05, 3.63) is 71.8 Å². The van der Waals surface area contributed by atoms with E-state index in [2.05, 4.69) is 41.3 Å². The second-order valence-electron chi connectivity index (χ2n) is 7.47. The van der Waals surface area contributed by atoms with Gasteiger partial charge in [-0.2, -0.15) is 0 Å². The van der Waals surface area contributed by atoms with Crippen LogP contribution in [0.5, 0.6) is 0 Å². The first-order valence-electron chi connectivity index (χ1n) is 9.72. The number of hydrogen-bond acceptors (Lipinski definition) is 3. The molecule has 0 aliphatic carbocycles. The molecule has 2 aromatic rings. The van der Waals surface area contributed by atoms with Crippen LogP contribution in [0.4, 0.5) is 0 Å². The van der Waals surface area contributed by atoms with E-state index in [0.717, 1.165) is 26.1 Å². The van der Waals surface area contributed by atoms with Gasteiger partial charge in [0, 0.05) is 40.3 Å². The highest BCUT2D eigenvalue weighted by Gasteiger charge is 2.33. The van der Waals surface area contributed by atoms with Crippen molar-refractivity contribution in [2.75, 3.05) is 40.4 Å². The van der Waals surface area contributed by atoms with Crippen molar-refractivity contribution in [2.45, 2.75) is 18.9 Å². The lowest BCUT2D eigenvalue weighted by molar-refractivity contribution is -0.137. The van der Waals surface area contributed by atoms with Gasteiger partial charge in [-0.25, -0.2) is 0 Å². The van der Waals surface area contributed by atoms with Crippen molar-refractivity contribution in [3.63, 3.8) is 0 Å². The molecule has 0 radical (unpaired) electrons. The second-order valence-corrected chi connectivity index (χ2v) is 7.47. The zero-order valence-corrected chi connectivity index (χ0v) is 16.4. The van der Waals surface area contributed by atoms with Crippen LogP contribution in [0.25, 0.3) is 0 Å². The number of likely N-dealkylation sites (tertiary alicyclic amines) is 1. The fourth-order valence-electron chi connectivity index (χ4n) is 3.99. The molecule has 0 aromatic heterocycles. The first-order chi connectivity index (χ1) is 13.2. The van der Waals surface area contributed by atoms with Gasteiger partial charge in [0.15, 0.2) is 0 Å². The van der Waals surface area contributed by atoms with Crippen molar-refractivity contribution < 1.29 is 9.53 Å². The number of ether oxygens (including phenoxy) is 1. The Bertz CT molecular complexity index is 705. The van der Waals surface area contributed by atoms with Crippen LogP contribution in [-0.2, 0) is 16.1 Å². The number of methoxy groups -OCH3 is 1. The fourth-order valence-corrected chi connectivity index (χ4v) is 3.99. The van der Waals surface area contributed by atoms with Gasteiger partial charge in [0.25, 0.3) is 0 Å². The summed E-state index contributed by atoms with van der Waals surface area (Å²) >= 11 is 0. The van der Waals surface area contributed by atoms with Crippen LogP contribution in [0, 0.1) is 5.92 Å². The smallest absolute Gasteiger partial charge is 0.227 e. The highest BCUT2D eigenvalue weighted by molar-refractivity contribution is 5.79. The highest BCUT2D eigenvalue weighted by Crippen LogP contribution is 2.31. The minimum atomic E-state index is 0.0227. The van der Waals surface area contributed by atoms with Gasteiger partial charge in [-0.1, -0.05) is 60.7 Å². The lowest BCUT2D eigenvalue weighted by Crippen LogP contribution is -2.46. The summed E-state index contributed by atoms with van der Waals surface area (Å²) in [6.45, 7) is 4.02. The van der Waals surface area contributed by atoms with E-state index in [9.17, 15) is 4.79 Å². The van der Waals surface area contributed by atoms with Gasteiger partial charge < -0.3 is 9.64 Å². The maximum absolute atomic E-state index is 13.2. The molecule has 2 aromatic carbocycles. The Hall–Kier alpha value is -2.17. The second kappa shape index (κ2) is 9.67. The Balaban J connectivity index is 1.70. The molecular weight excluding hydrogens is 336 g/mol. The van der Waals surface area contributed by atoms with Crippen molar-refractivity contribution in [1.82, 2.24) is 9.80 Å². The number of hydrogen-bond donors (Lipinski definition) is 0. The summed E-state index contributed by atoms with van der Waals surface area (Å²) < 4.78 is 5.27. The minimum absolute atomic E-state index is 0.0227. The molecule has 0 spiro atoms. The van der Waals surface area contributed by atoms with Crippen LogP contribution in [0.1, 0.15) is 23.5 Å². The SMILES string of the molecule is COCCN1CC(C(=O)N(C)Cc2ccccc2)CC(c2ccccc2)C1. The maximum atomic E-state index is 13.2. The first-order valence-corrected chi connectivity index (χ1v) is 9.72. The van der Waals surface area contributed by atoms with Crippen LogP contribution in [-0.4, -0.2) is 56.1 Å². The third kappa shape index (κ3) is 5.41. The third-order valence-corrected chi connectivity index (χ3v) is 5.40. The molecule has 0 N–H and O–H groups in total. The Morgan fingerprint density at radius 2 is 1.74 bits per heavy atom. The molecule has 1 aliphatic heterocycles. The lowest BCUT2D eigenvalue weighted by Gasteiger charge is -2.38. The summed E-state index contributed by atoms with van der Waals surface area (Å²) in [7, 11) is 3.65. The van der Waals surface area contributed by atoms with Gasteiger partial charge in [-0.15, -0.1) is 0 Å². The third-order valence-electron chi connectivity index (χ3n) is 5.40. The topological polar surface area (TPSA) is 32.8 Å². The quantitative estimate of drug-likeness (QED) is 0.753. The molecule has 27 heavy (non-hydrogen) atoms. The fraction of sp³-hybridized carbons (Fsp3) is 0.435. The summed E-state index contributed by atoms with van der Waals surface area (Å²) in [5.41, 5.74) is 2.49. The van der Waals surface area contributed by atoms with E-state index in [-0.39, 0.29) is 11.8 Å². The highest BCUT2D eigenvalue weighted by atomic mass is 16.5. The van der Waals surface area contributed by atoms with Gasteiger partial charge in [-0.05, 0) is 23.5 Å². The average Bonchev–Trinajstić information content (AvgIpc) is 2.72. The predicted molar refractivity (Wildman–Crippen MR) is 109 cm³/mol.